The number of hydrogen-bond acceptors (Lipinski definition) is 3. The van der Waals surface area contributed by atoms with Crippen LogP contribution in [0.1, 0.15) is 5.56 Å². The molecule has 0 radical (unpaired) electrons. The molecule has 0 saturated carbocycles. The molecular weight excluding hydrogens is 342 g/mol. The summed E-state index contributed by atoms with van der Waals surface area (Å²) in [6.45, 7) is 1.64. The van der Waals surface area contributed by atoms with E-state index in [4.69, 9.17) is 11.6 Å². The lowest BCUT2D eigenvalue weighted by atomic mass is 10.2. The molecule has 0 aliphatic carbocycles. The average molecular weight is 358 g/mol. The summed E-state index contributed by atoms with van der Waals surface area (Å²) < 4.78 is 2.28. The molecule has 0 aliphatic rings. The molecule has 7 heteroatoms. The summed E-state index contributed by atoms with van der Waals surface area (Å²) in [4.78, 5) is 37.1. The van der Waals surface area contributed by atoms with Crippen molar-refractivity contribution in [2.75, 3.05) is 5.32 Å². The van der Waals surface area contributed by atoms with E-state index in [1.165, 1.54) is 11.6 Å². The van der Waals surface area contributed by atoms with Crippen LogP contribution in [0.4, 0.5) is 5.69 Å². The van der Waals surface area contributed by atoms with Crippen LogP contribution < -0.4 is 16.6 Å². The molecule has 0 aliphatic heterocycles. The first-order chi connectivity index (χ1) is 11.9. The maximum atomic E-state index is 12.4. The molecule has 3 aromatic rings. The lowest BCUT2D eigenvalue weighted by molar-refractivity contribution is -0.116. The van der Waals surface area contributed by atoms with Gasteiger partial charge in [-0.3, -0.25) is 18.7 Å². The molecule has 1 aromatic heterocycles. The smallest absolute Gasteiger partial charge is 0.324 e. The first kappa shape index (κ1) is 17.0. The van der Waals surface area contributed by atoms with E-state index in [2.05, 4.69) is 5.32 Å². The van der Waals surface area contributed by atoms with E-state index in [0.29, 0.717) is 21.6 Å². The number of aromatic nitrogens is 2. The van der Waals surface area contributed by atoms with Crippen LogP contribution in [-0.4, -0.2) is 15.0 Å². The number of nitrogens with one attached hydrogen (secondary N) is 1. The molecule has 2 aromatic carbocycles. The average Bonchev–Trinajstić information content (AvgIpc) is 2.60. The summed E-state index contributed by atoms with van der Waals surface area (Å²) in [6.07, 6.45) is 0. The van der Waals surface area contributed by atoms with Crippen molar-refractivity contribution in [2.45, 2.75) is 13.5 Å². The summed E-state index contributed by atoms with van der Waals surface area (Å²) in [5.41, 5.74) is 0.938. The monoisotopic (exact) mass is 357 g/mol. The van der Waals surface area contributed by atoms with Gasteiger partial charge in [-0.25, -0.2) is 4.79 Å². The zero-order valence-electron chi connectivity index (χ0n) is 13.7. The Hall–Kier alpha value is -2.86. The molecular formula is C18H16ClN3O3. The fourth-order valence-corrected chi connectivity index (χ4v) is 2.83. The molecule has 0 spiro atoms. The first-order valence-electron chi connectivity index (χ1n) is 7.63. The van der Waals surface area contributed by atoms with E-state index in [1.807, 2.05) is 6.92 Å². The summed E-state index contributed by atoms with van der Waals surface area (Å²) in [5.74, 6) is -0.378. The van der Waals surface area contributed by atoms with Gasteiger partial charge >= 0.3 is 5.69 Å². The van der Waals surface area contributed by atoms with Gasteiger partial charge in [-0.15, -0.1) is 0 Å². The third-order valence-corrected chi connectivity index (χ3v) is 4.26. The minimum atomic E-state index is -0.540. The Labute approximate surface area is 148 Å². The SMILES string of the molecule is Cc1ccc(Cl)cc1NC(=O)Cn1c(=O)n(C)c(=O)c2ccccc21. The van der Waals surface area contributed by atoms with Crippen LogP contribution in [-0.2, 0) is 18.4 Å². The molecule has 128 valence electrons. The number of nitrogens with zero attached hydrogens (tertiary/aromatic N) is 2. The van der Waals surface area contributed by atoms with E-state index in [9.17, 15) is 14.4 Å². The minimum absolute atomic E-state index is 0.209. The van der Waals surface area contributed by atoms with Crippen molar-refractivity contribution >= 4 is 34.1 Å². The number of aryl methyl sites for hydroxylation is 1. The molecule has 0 bridgehead atoms. The van der Waals surface area contributed by atoms with E-state index in [0.717, 1.165) is 10.1 Å². The number of benzene rings is 2. The highest BCUT2D eigenvalue weighted by atomic mass is 35.5. The second-order valence-corrected chi connectivity index (χ2v) is 6.19. The van der Waals surface area contributed by atoms with Crippen molar-refractivity contribution in [2.24, 2.45) is 7.05 Å². The molecule has 0 fully saturated rings. The number of para-hydroxylation sites is 1. The predicted molar refractivity (Wildman–Crippen MR) is 98.3 cm³/mol. The fourth-order valence-electron chi connectivity index (χ4n) is 2.66. The molecule has 1 heterocycles. The number of carbonyl (C=O) groups is 1. The topological polar surface area (TPSA) is 73.1 Å². The number of anilines is 1. The second kappa shape index (κ2) is 6.57. The van der Waals surface area contributed by atoms with Gasteiger partial charge in [0.25, 0.3) is 5.56 Å². The van der Waals surface area contributed by atoms with Crippen molar-refractivity contribution < 1.29 is 4.79 Å². The highest BCUT2D eigenvalue weighted by Gasteiger charge is 2.14. The lowest BCUT2D eigenvalue weighted by Crippen LogP contribution is -2.40. The van der Waals surface area contributed by atoms with Gasteiger partial charge in [0.1, 0.15) is 6.54 Å². The van der Waals surface area contributed by atoms with Crippen LogP contribution in [0.25, 0.3) is 10.9 Å². The Morgan fingerprint density at radius 1 is 1.16 bits per heavy atom. The predicted octanol–water partition coefficient (Wildman–Crippen LogP) is 2.30. The molecule has 0 atom stereocenters. The van der Waals surface area contributed by atoms with Crippen molar-refractivity contribution in [1.82, 2.24) is 9.13 Å². The summed E-state index contributed by atoms with van der Waals surface area (Å²) >= 11 is 5.96. The van der Waals surface area contributed by atoms with Crippen LogP contribution in [0.15, 0.2) is 52.1 Å². The summed E-state index contributed by atoms with van der Waals surface area (Å²) in [5, 5.41) is 3.65. The molecule has 1 N–H and O–H groups in total. The van der Waals surface area contributed by atoms with Gasteiger partial charge in [0.05, 0.1) is 10.9 Å². The Morgan fingerprint density at radius 2 is 1.88 bits per heavy atom. The number of fused-ring (bicyclic) bond motifs is 1. The highest BCUT2D eigenvalue weighted by Crippen LogP contribution is 2.20. The normalized spacial score (nSPS) is 10.8. The summed E-state index contributed by atoms with van der Waals surface area (Å²) in [6, 6.07) is 11.9. The van der Waals surface area contributed by atoms with E-state index in [-0.39, 0.29) is 18.0 Å². The van der Waals surface area contributed by atoms with Gasteiger partial charge in [-0.1, -0.05) is 29.8 Å². The van der Waals surface area contributed by atoms with Gasteiger partial charge < -0.3 is 5.32 Å². The standard InChI is InChI=1S/C18H16ClN3O3/c1-11-7-8-12(19)9-14(11)20-16(23)10-22-15-6-4-3-5-13(15)17(24)21(2)18(22)25/h3-9H,10H2,1-2H3,(H,20,23). The Balaban J connectivity index is 2.01. The van der Waals surface area contributed by atoms with Crippen LogP contribution in [0.3, 0.4) is 0 Å². The Kier molecular flexibility index (Phi) is 4.46. The van der Waals surface area contributed by atoms with Gasteiger partial charge in [0.2, 0.25) is 5.91 Å². The maximum absolute atomic E-state index is 12.4. The molecule has 0 saturated heterocycles. The van der Waals surface area contributed by atoms with E-state index >= 15 is 0 Å². The third-order valence-electron chi connectivity index (χ3n) is 4.02. The van der Waals surface area contributed by atoms with Crippen molar-refractivity contribution in [1.29, 1.82) is 0 Å². The number of carbonyl (C=O) groups excluding carboxylic acids is 1. The third kappa shape index (κ3) is 3.21. The minimum Gasteiger partial charge on any atom is -0.324 e. The zero-order valence-corrected chi connectivity index (χ0v) is 14.5. The first-order valence-corrected chi connectivity index (χ1v) is 8.01. The molecule has 25 heavy (non-hydrogen) atoms. The molecule has 3 rings (SSSR count). The van der Waals surface area contributed by atoms with Gasteiger partial charge in [-0.2, -0.15) is 0 Å². The van der Waals surface area contributed by atoms with E-state index < -0.39 is 5.69 Å². The van der Waals surface area contributed by atoms with Gasteiger partial charge in [0, 0.05) is 17.8 Å². The maximum Gasteiger partial charge on any atom is 0.331 e. The lowest BCUT2D eigenvalue weighted by Gasteiger charge is -2.13. The van der Waals surface area contributed by atoms with Crippen molar-refractivity contribution in [3.05, 3.63) is 73.9 Å². The highest BCUT2D eigenvalue weighted by molar-refractivity contribution is 6.31. The second-order valence-electron chi connectivity index (χ2n) is 5.76. The Morgan fingerprint density at radius 3 is 2.64 bits per heavy atom. The molecule has 0 unspecified atom stereocenters. The number of rotatable bonds is 3. The summed E-state index contributed by atoms with van der Waals surface area (Å²) in [7, 11) is 1.40. The quantitative estimate of drug-likeness (QED) is 0.781. The van der Waals surface area contributed by atoms with E-state index in [1.54, 1.807) is 42.5 Å². The number of hydrogen-bond donors (Lipinski definition) is 1. The van der Waals surface area contributed by atoms with Crippen LogP contribution in [0, 0.1) is 6.92 Å². The fraction of sp³-hybridized carbons (Fsp3) is 0.167. The largest absolute Gasteiger partial charge is 0.331 e. The zero-order chi connectivity index (χ0) is 18.1. The van der Waals surface area contributed by atoms with Crippen molar-refractivity contribution in [3.8, 4) is 0 Å². The van der Waals surface area contributed by atoms with Gasteiger partial charge in [0.15, 0.2) is 0 Å². The number of amides is 1. The van der Waals surface area contributed by atoms with Gasteiger partial charge in [-0.05, 0) is 36.8 Å². The van der Waals surface area contributed by atoms with Crippen LogP contribution in [0.5, 0.6) is 0 Å². The van der Waals surface area contributed by atoms with Crippen LogP contribution in [0.2, 0.25) is 5.02 Å². The molecule has 1 amide bonds. The number of halogens is 1. The molecule has 6 nitrogen and oxygen atoms in total. The Bertz CT molecular complexity index is 1100. The van der Waals surface area contributed by atoms with Crippen LogP contribution >= 0.6 is 11.6 Å². The van der Waals surface area contributed by atoms with Crippen molar-refractivity contribution in [3.63, 3.8) is 0 Å².